The van der Waals surface area contributed by atoms with Gasteiger partial charge in [0.15, 0.2) is 0 Å². The quantitative estimate of drug-likeness (QED) is 0.638. The number of piperidine rings is 1. The van der Waals surface area contributed by atoms with Crippen molar-refractivity contribution in [2.24, 2.45) is 0 Å². The Kier molecular flexibility index (Phi) is 3.66. The normalized spacial score (nSPS) is 21.8. The van der Waals surface area contributed by atoms with E-state index in [2.05, 4.69) is 16.8 Å². The van der Waals surface area contributed by atoms with Gasteiger partial charge in [0.25, 0.3) is 0 Å². The minimum absolute atomic E-state index is 0.552. The van der Waals surface area contributed by atoms with Crippen molar-refractivity contribution in [2.45, 2.75) is 18.4 Å². The summed E-state index contributed by atoms with van der Waals surface area (Å²) >= 11 is 0. The first kappa shape index (κ1) is 11.2. The Morgan fingerprint density at radius 3 is 2.64 bits per heavy atom. The molecule has 1 saturated heterocycles. The zero-order valence-electron chi connectivity index (χ0n) is 8.62. The van der Waals surface area contributed by atoms with Gasteiger partial charge in [-0.3, -0.25) is 10.1 Å². The van der Waals surface area contributed by atoms with Gasteiger partial charge >= 0.3 is 5.97 Å². The molecule has 4 heteroatoms. The predicted molar refractivity (Wildman–Crippen MR) is 55.3 cm³/mol. The SMILES string of the molecule is C=CCNC1(C(=O)O)CCN(C)CC1. The van der Waals surface area contributed by atoms with E-state index in [4.69, 9.17) is 0 Å². The summed E-state index contributed by atoms with van der Waals surface area (Å²) in [7, 11) is 2.01. The van der Waals surface area contributed by atoms with Crippen LogP contribution in [0.4, 0.5) is 0 Å². The average Bonchev–Trinajstić information content (AvgIpc) is 2.17. The largest absolute Gasteiger partial charge is 0.480 e. The lowest BCUT2D eigenvalue weighted by Crippen LogP contribution is -2.57. The summed E-state index contributed by atoms with van der Waals surface area (Å²) in [6.07, 6.45) is 3.02. The van der Waals surface area contributed by atoms with Crippen LogP contribution in [0.5, 0.6) is 0 Å². The second-order valence-electron chi connectivity index (χ2n) is 3.86. The molecule has 0 atom stereocenters. The van der Waals surface area contributed by atoms with Crippen LogP contribution >= 0.6 is 0 Å². The van der Waals surface area contributed by atoms with Crippen LogP contribution in [0, 0.1) is 0 Å². The summed E-state index contributed by atoms with van der Waals surface area (Å²) in [5.41, 5.74) is -0.735. The third kappa shape index (κ3) is 2.33. The van der Waals surface area contributed by atoms with E-state index >= 15 is 0 Å². The molecule has 80 valence electrons. The number of hydrogen-bond donors (Lipinski definition) is 2. The number of nitrogens with zero attached hydrogens (tertiary/aromatic N) is 1. The fourth-order valence-corrected chi connectivity index (χ4v) is 1.73. The van der Waals surface area contributed by atoms with E-state index in [-0.39, 0.29) is 0 Å². The molecule has 0 aromatic rings. The van der Waals surface area contributed by atoms with Gasteiger partial charge in [-0.1, -0.05) is 6.08 Å². The average molecular weight is 198 g/mol. The van der Waals surface area contributed by atoms with E-state index in [1.165, 1.54) is 0 Å². The zero-order chi connectivity index (χ0) is 10.6. The lowest BCUT2D eigenvalue weighted by atomic mass is 9.87. The van der Waals surface area contributed by atoms with Crippen molar-refractivity contribution >= 4 is 5.97 Å². The maximum absolute atomic E-state index is 11.2. The van der Waals surface area contributed by atoms with Gasteiger partial charge in [-0.2, -0.15) is 0 Å². The molecule has 0 aromatic heterocycles. The number of carbonyl (C=O) groups is 1. The molecule has 1 aliphatic rings. The number of rotatable bonds is 4. The van der Waals surface area contributed by atoms with E-state index in [1.807, 2.05) is 7.05 Å². The van der Waals surface area contributed by atoms with Crippen molar-refractivity contribution in [1.82, 2.24) is 10.2 Å². The standard InChI is InChI=1S/C10H18N2O2/c1-3-6-11-10(9(13)14)4-7-12(2)8-5-10/h3,11H,1,4-8H2,2H3,(H,13,14). The molecule has 4 nitrogen and oxygen atoms in total. The molecule has 1 heterocycles. The summed E-state index contributed by atoms with van der Waals surface area (Å²) in [4.78, 5) is 13.3. The maximum Gasteiger partial charge on any atom is 0.324 e. The van der Waals surface area contributed by atoms with Gasteiger partial charge in [0, 0.05) is 19.6 Å². The monoisotopic (exact) mass is 198 g/mol. The fraction of sp³-hybridized carbons (Fsp3) is 0.700. The van der Waals surface area contributed by atoms with Gasteiger partial charge in [0.05, 0.1) is 0 Å². The Morgan fingerprint density at radius 1 is 1.64 bits per heavy atom. The van der Waals surface area contributed by atoms with Gasteiger partial charge < -0.3 is 10.0 Å². The summed E-state index contributed by atoms with van der Waals surface area (Å²) in [5, 5.41) is 12.2. The Morgan fingerprint density at radius 2 is 2.21 bits per heavy atom. The molecule has 14 heavy (non-hydrogen) atoms. The van der Waals surface area contributed by atoms with Gasteiger partial charge in [-0.05, 0) is 19.9 Å². The second-order valence-corrected chi connectivity index (χ2v) is 3.86. The van der Waals surface area contributed by atoms with Gasteiger partial charge in [-0.15, -0.1) is 6.58 Å². The van der Waals surface area contributed by atoms with Crippen LogP contribution in [0.3, 0.4) is 0 Å². The first-order valence-electron chi connectivity index (χ1n) is 4.88. The number of nitrogens with one attached hydrogen (secondary N) is 1. The molecule has 1 aliphatic heterocycles. The van der Waals surface area contributed by atoms with Crippen molar-refractivity contribution in [3.05, 3.63) is 12.7 Å². The molecule has 0 aliphatic carbocycles. The van der Waals surface area contributed by atoms with Crippen molar-refractivity contribution in [1.29, 1.82) is 0 Å². The van der Waals surface area contributed by atoms with Gasteiger partial charge in [0.2, 0.25) is 0 Å². The van der Waals surface area contributed by atoms with Gasteiger partial charge in [0.1, 0.15) is 5.54 Å². The van der Waals surface area contributed by atoms with Crippen molar-refractivity contribution in [3.8, 4) is 0 Å². The zero-order valence-corrected chi connectivity index (χ0v) is 8.62. The summed E-state index contributed by atoms with van der Waals surface area (Å²) in [6, 6.07) is 0. The number of carboxylic acid groups (broad SMARTS) is 1. The van der Waals surface area contributed by atoms with Crippen LogP contribution < -0.4 is 5.32 Å². The topological polar surface area (TPSA) is 52.6 Å². The molecule has 2 N–H and O–H groups in total. The molecule has 0 aromatic carbocycles. The van der Waals surface area contributed by atoms with Gasteiger partial charge in [-0.25, -0.2) is 0 Å². The number of aliphatic carboxylic acids is 1. The van der Waals surface area contributed by atoms with Crippen LogP contribution in [0.1, 0.15) is 12.8 Å². The van der Waals surface area contributed by atoms with Crippen LogP contribution in [0.15, 0.2) is 12.7 Å². The first-order chi connectivity index (χ1) is 6.60. The first-order valence-corrected chi connectivity index (χ1v) is 4.88. The minimum atomic E-state index is -0.743. The molecule has 1 fully saturated rings. The van der Waals surface area contributed by atoms with E-state index < -0.39 is 11.5 Å². The summed E-state index contributed by atoms with van der Waals surface area (Å²) in [5.74, 6) is -0.743. The molecule has 0 spiro atoms. The molecule has 0 amide bonds. The maximum atomic E-state index is 11.2. The predicted octanol–water partition coefficient (Wildman–Crippen LogP) is 0.311. The minimum Gasteiger partial charge on any atom is -0.480 e. The Bertz CT molecular complexity index is 220. The van der Waals surface area contributed by atoms with Crippen LogP contribution in [0.2, 0.25) is 0 Å². The Hall–Kier alpha value is -0.870. The third-order valence-electron chi connectivity index (χ3n) is 2.83. The van der Waals surface area contributed by atoms with E-state index in [1.54, 1.807) is 6.08 Å². The molecular formula is C10H18N2O2. The molecule has 0 bridgehead atoms. The smallest absolute Gasteiger partial charge is 0.324 e. The molecule has 0 unspecified atom stereocenters. The van der Waals surface area contributed by atoms with Crippen molar-refractivity contribution in [3.63, 3.8) is 0 Å². The Labute approximate surface area is 84.6 Å². The highest BCUT2D eigenvalue weighted by atomic mass is 16.4. The molecule has 1 rings (SSSR count). The van der Waals surface area contributed by atoms with E-state index in [9.17, 15) is 9.90 Å². The number of carboxylic acids is 1. The van der Waals surface area contributed by atoms with Crippen molar-refractivity contribution in [2.75, 3.05) is 26.7 Å². The van der Waals surface area contributed by atoms with E-state index in [0.717, 1.165) is 13.1 Å². The van der Waals surface area contributed by atoms with Crippen molar-refractivity contribution < 1.29 is 9.90 Å². The summed E-state index contributed by atoms with van der Waals surface area (Å²) < 4.78 is 0. The third-order valence-corrected chi connectivity index (χ3v) is 2.83. The molecule has 0 saturated carbocycles. The van der Waals surface area contributed by atoms with Crippen LogP contribution in [0.25, 0.3) is 0 Å². The highest BCUT2D eigenvalue weighted by Crippen LogP contribution is 2.21. The molecule has 0 radical (unpaired) electrons. The highest BCUT2D eigenvalue weighted by molar-refractivity contribution is 5.79. The second kappa shape index (κ2) is 4.57. The Balaban J connectivity index is 2.62. The number of hydrogen-bond acceptors (Lipinski definition) is 3. The summed E-state index contributed by atoms with van der Waals surface area (Å²) in [6.45, 7) is 5.80. The van der Waals surface area contributed by atoms with E-state index in [0.29, 0.717) is 19.4 Å². The number of likely N-dealkylation sites (tertiary alicyclic amines) is 1. The van der Waals surface area contributed by atoms with Crippen LogP contribution in [-0.2, 0) is 4.79 Å². The fourth-order valence-electron chi connectivity index (χ4n) is 1.73. The van der Waals surface area contributed by atoms with Crippen LogP contribution in [-0.4, -0.2) is 48.2 Å². The molecular weight excluding hydrogens is 180 g/mol. The highest BCUT2D eigenvalue weighted by Gasteiger charge is 2.39. The lowest BCUT2D eigenvalue weighted by molar-refractivity contribution is -0.146. The lowest BCUT2D eigenvalue weighted by Gasteiger charge is -2.37.